The maximum Gasteiger partial charge on any atom is 0.251 e. The maximum atomic E-state index is 12.7. The molecular formula is C12H12BrF2N3. The lowest BCUT2D eigenvalue weighted by Gasteiger charge is -2.35. The number of pyridine rings is 1. The summed E-state index contributed by atoms with van der Waals surface area (Å²) in [7, 11) is 0. The molecule has 2 aromatic rings. The van der Waals surface area contributed by atoms with Gasteiger partial charge in [-0.1, -0.05) is 0 Å². The molecule has 3 nitrogen and oxygen atoms in total. The van der Waals surface area contributed by atoms with Crippen LogP contribution in [0.2, 0.25) is 0 Å². The summed E-state index contributed by atoms with van der Waals surface area (Å²) in [4.78, 5) is 4.26. The number of imidazole rings is 1. The van der Waals surface area contributed by atoms with Crippen LogP contribution in [-0.2, 0) is 6.54 Å². The van der Waals surface area contributed by atoms with Gasteiger partial charge in [0.05, 0.1) is 11.9 Å². The van der Waals surface area contributed by atoms with Gasteiger partial charge in [-0.3, -0.25) is 0 Å². The van der Waals surface area contributed by atoms with Crippen molar-refractivity contribution in [2.75, 3.05) is 0 Å². The number of rotatable bonds is 3. The summed E-state index contributed by atoms with van der Waals surface area (Å²) < 4.78 is 28.3. The van der Waals surface area contributed by atoms with Gasteiger partial charge in [0, 0.05) is 36.1 Å². The Balaban J connectivity index is 1.70. The number of halogens is 3. The highest BCUT2D eigenvalue weighted by molar-refractivity contribution is 9.10. The lowest BCUT2D eigenvalue weighted by molar-refractivity contribution is -0.0930. The highest BCUT2D eigenvalue weighted by atomic mass is 79.9. The normalized spacial score (nSPS) is 19.1. The van der Waals surface area contributed by atoms with Crippen molar-refractivity contribution in [2.45, 2.75) is 31.4 Å². The van der Waals surface area contributed by atoms with Crippen molar-refractivity contribution < 1.29 is 8.78 Å². The van der Waals surface area contributed by atoms with Crippen molar-refractivity contribution in [3.63, 3.8) is 0 Å². The van der Waals surface area contributed by atoms with Crippen molar-refractivity contribution >= 4 is 21.6 Å². The number of nitrogens with one attached hydrogen (secondary N) is 1. The van der Waals surface area contributed by atoms with Gasteiger partial charge in [-0.15, -0.1) is 0 Å². The standard InChI is InChI=1S/C12H12BrF2N3/c13-8-1-2-11-17-6-10(18(11)7-8)5-16-9-3-12(14,15)4-9/h1-2,6-7,9,16H,3-5H2. The maximum absolute atomic E-state index is 12.7. The van der Waals surface area contributed by atoms with Gasteiger partial charge in [-0.25, -0.2) is 13.8 Å². The van der Waals surface area contributed by atoms with E-state index in [9.17, 15) is 8.78 Å². The summed E-state index contributed by atoms with van der Waals surface area (Å²) >= 11 is 3.40. The second-order valence-corrected chi connectivity index (χ2v) is 5.58. The fourth-order valence-corrected chi connectivity index (χ4v) is 2.53. The van der Waals surface area contributed by atoms with E-state index in [1.54, 1.807) is 6.20 Å². The lowest BCUT2D eigenvalue weighted by atomic mass is 9.88. The van der Waals surface area contributed by atoms with Gasteiger partial charge < -0.3 is 9.72 Å². The Morgan fingerprint density at radius 3 is 2.94 bits per heavy atom. The summed E-state index contributed by atoms with van der Waals surface area (Å²) in [6, 6.07) is 3.75. The Morgan fingerprint density at radius 1 is 1.44 bits per heavy atom. The van der Waals surface area contributed by atoms with Crippen molar-refractivity contribution in [3.8, 4) is 0 Å². The van der Waals surface area contributed by atoms with E-state index in [1.165, 1.54) is 0 Å². The van der Waals surface area contributed by atoms with E-state index in [0.29, 0.717) is 6.54 Å². The molecule has 96 valence electrons. The molecule has 1 aliphatic rings. The molecule has 2 aromatic heterocycles. The SMILES string of the molecule is FC1(F)CC(NCc2cnc3ccc(Br)cn23)C1. The number of aromatic nitrogens is 2. The number of alkyl halides is 2. The second-order valence-electron chi connectivity index (χ2n) is 4.67. The topological polar surface area (TPSA) is 29.3 Å². The van der Waals surface area contributed by atoms with E-state index >= 15 is 0 Å². The molecule has 0 saturated heterocycles. The molecular weight excluding hydrogens is 304 g/mol. The van der Waals surface area contributed by atoms with Crippen LogP contribution in [0.1, 0.15) is 18.5 Å². The van der Waals surface area contributed by atoms with E-state index in [-0.39, 0.29) is 18.9 Å². The third kappa shape index (κ3) is 2.27. The van der Waals surface area contributed by atoms with Gasteiger partial charge in [0.1, 0.15) is 5.65 Å². The monoisotopic (exact) mass is 315 g/mol. The van der Waals surface area contributed by atoms with Crippen LogP contribution in [0.3, 0.4) is 0 Å². The van der Waals surface area contributed by atoms with Gasteiger partial charge >= 0.3 is 0 Å². The van der Waals surface area contributed by atoms with Crippen LogP contribution in [0.4, 0.5) is 8.78 Å². The van der Waals surface area contributed by atoms with Crippen LogP contribution in [0.5, 0.6) is 0 Å². The third-order valence-corrected chi connectivity index (χ3v) is 3.68. The minimum absolute atomic E-state index is 0.0621. The van der Waals surface area contributed by atoms with Crippen LogP contribution < -0.4 is 5.32 Å². The summed E-state index contributed by atoms with van der Waals surface area (Å²) in [6.07, 6.45) is 3.57. The Hall–Kier alpha value is -1.01. The Kier molecular flexibility index (Phi) is 2.86. The molecule has 18 heavy (non-hydrogen) atoms. The summed E-state index contributed by atoms with van der Waals surface area (Å²) in [5, 5.41) is 3.13. The first-order valence-electron chi connectivity index (χ1n) is 5.76. The molecule has 0 bridgehead atoms. The number of fused-ring (bicyclic) bond motifs is 1. The van der Waals surface area contributed by atoms with E-state index < -0.39 is 5.92 Å². The molecule has 0 atom stereocenters. The summed E-state index contributed by atoms with van der Waals surface area (Å²) in [6.45, 7) is 0.554. The van der Waals surface area contributed by atoms with Crippen LogP contribution in [0.15, 0.2) is 29.0 Å². The molecule has 1 saturated carbocycles. The molecule has 0 aromatic carbocycles. The number of hydrogen-bond donors (Lipinski definition) is 1. The number of hydrogen-bond acceptors (Lipinski definition) is 2. The molecule has 1 fully saturated rings. The van der Waals surface area contributed by atoms with Gasteiger partial charge in [-0.05, 0) is 28.1 Å². The predicted molar refractivity (Wildman–Crippen MR) is 67.7 cm³/mol. The molecule has 0 radical (unpaired) electrons. The smallest absolute Gasteiger partial charge is 0.251 e. The van der Waals surface area contributed by atoms with E-state index in [0.717, 1.165) is 15.8 Å². The minimum atomic E-state index is -2.47. The zero-order valence-corrected chi connectivity index (χ0v) is 11.1. The average molecular weight is 316 g/mol. The number of nitrogens with zero attached hydrogens (tertiary/aromatic N) is 2. The highest BCUT2D eigenvalue weighted by Crippen LogP contribution is 2.37. The molecule has 0 spiro atoms. The van der Waals surface area contributed by atoms with E-state index in [2.05, 4.69) is 26.2 Å². The zero-order chi connectivity index (χ0) is 12.8. The van der Waals surface area contributed by atoms with E-state index in [1.807, 2.05) is 22.7 Å². The van der Waals surface area contributed by atoms with Crippen LogP contribution in [0, 0.1) is 0 Å². The van der Waals surface area contributed by atoms with E-state index in [4.69, 9.17) is 0 Å². The van der Waals surface area contributed by atoms with Crippen molar-refractivity contribution in [2.24, 2.45) is 0 Å². The Bertz CT molecular complexity index is 574. The lowest BCUT2D eigenvalue weighted by Crippen LogP contribution is -2.48. The molecule has 1 N–H and O–H groups in total. The quantitative estimate of drug-likeness (QED) is 0.943. The molecule has 3 rings (SSSR count). The molecule has 2 heterocycles. The van der Waals surface area contributed by atoms with Crippen molar-refractivity contribution in [3.05, 3.63) is 34.7 Å². The highest BCUT2D eigenvalue weighted by Gasteiger charge is 2.44. The van der Waals surface area contributed by atoms with Gasteiger partial charge in [0.2, 0.25) is 0 Å². The first kappa shape index (κ1) is 12.0. The average Bonchev–Trinajstić information content (AvgIpc) is 2.66. The van der Waals surface area contributed by atoms with Crippen LogP contribution in [0.25, 0.3) is 5.65 Å². The fraction of sp³-hybridized carbons (Fsp3) is 0.417. The Labute approximate surface area is 111 Å². The van der Waals surface area contributed by atoms with Gasteiger partial charge in [0.25, 0.3) is 5.92 Å². The van der Waals surface area contributed by atoms with Crippen molar-refractivity contribution in [1.29, 1.82) is 0 Å². The molecule has 0 amide bonds. The molecule has 0 unspecified atom stereocenters. The predicted octanol–water partition coefficient (Wildman–Crippen LogP) is 2.98. The fourth-order valence-electron chi connectivity index (χ4n) is 2.19. The first-order chi connectivity index (χ1) is 8.53. The van der Waals surface area contributed by atoms with Gasteiger partial charge in [-0.2, -0.15) is 0 Å². The summed E-state index contributed by atoms with van der Waals surface area (Å²) in [5.74, 6) is -2.47. The molecule has 0 aliphatic heterocycles. The first-order valence-corrected chi connectivity index (χ1v) is 6.55. The van der Waals surface area contributed by atoms with Crippen LogP contribution >= 0.6 is 15.9 Å². The van der Waals surface area contributed by atoms with Crippen LogP contribution in [-0.4, -0.2) is 21.3 Å². The van der Waals surface area contributed by atoms with Gasteiger partial charge in [0.15, 0.2) is 0 Å². The zero-order valence-electron chi connectivity index (χ0n) is 9.54. The van der Waals surface area contributed by atoms with Crippen molar-refractivity contribution in [1.82, 2.24) is 14.7 Å². The summed E-state index contributed by atoms with van der Waals surface area (Å²) in [5.41, 5.74) is 1.83. The Morgan fingerprint density at radius 2 is 2.22 bits per heavy atom. The molecule has 1 aliphatic carbocycles. The second kappa shape index (κ2) is 4.28. The largest absolute Gasteiger partial charge is 0.308 e. The molecule has 6 heteroatoms. The minimum Gasteiger partial charge on any atom is -0.308 e. The third-order valence-electron chi connectivity index (χ3n) is 3.21.